The van der Waals surface area contributed by atoms with Crippen molar-refractivity contribution < 1.29 is 62.3 Å². The van der Waals surface area contributed by atoms with Gasteiger partial charge in [-0.3, -0.25) is 9.59 Å². The number of carbonyl (C=O) groups excluding carboxylic acids is 2. The van der Waals surface area contributed by atoms with Gasteiger partial charge in [0.05, 0.1) is 17.4 Å². The molecule has 0 aliphatic carbocycles. The zero-order valence-electron chi connectivity index (χ0n) is 26.1. The van der Waals surface area contributed by atoms with Crippen molar-refractivity contribution in [2.45, 2.75) is 54.0 Å². The molecule has 0 spiro atoms. The van der Waals surface area contributed by atoms with Crippen LogP contribution in [0.3, 0.4) is 0 Å². The Balaban J connectivity index is 1.58. The van der Waals surface area contributed by atoms with E-state index in [1.807, 2.05) is 0 Å². The van der Waals surface area contributed by atoms with Crippen molar-refractivity contribution in [3.63, 3.8) is 0 Å². The fourth-order valence-electron chi connectivity index (χ4n) is 6.52. The van der Waals surface area contributed by atoms with Crippen LogP contribution in [0.4, 0.5) is 39.5 Å². The Morgan fingerprint density at radius 2 is 1.42 bits per heavy atom. The van der Waals surface area contributed by atoms with E-state index in [1.165, 1.54) is 16.7 Å². The molecule has 0 bridgehead atoms. The minimum Gasteiger partial charge on any atom is -0.349 e. The van der Waals surface area contributed by atoms with Crippen LogP contribution >= 0.6 is 0 Å². The van der Waals surface area contributed by atoms with E-state index in [0.29, 0.717) is 24.3 Å². The number of alkyl halides is 6. The number of benzene rings is 3. The monoisotopic (exact) mass is 736 g/mol. The predicted octanol–water partition coefficient (Wildman–Crippen LogP) is 6.41. The molecule has 2 aliphatic heterocycles. The number of carbonyl (C=O) groups is 2. The predicted molar refractivity (Wildman–Crippen MR) is 158 cm³/mol. The van der Waals surface area contributed by atoms with Crippen molar-refractivity contribution in [3.05, 3.63) is 101 Å². The van der Waals surface area contributed by atoms with E-state index in [9.17, 15) is 57.5 Å². The molecule has 270 valence electrons. The molecule has 0 aromatic heterocycles. The minimum atomic E-state index is -6.24. The summed E-state index contributed by atoms with van der Waals surface area (Å²) in [5.41, 5.74) is -8.14. The zero-order valence-corrected chi connectivity index (χ0v) is 26.9. The van der Waals surface area contributed by atoms with Gasteiger partial charge in [-0.15, -0.1) is 0 Å². The molecule has 0 saturated carbocycles. The topological polar surface area (TPSA) is 84.0 Å². The number of hydrogen-bond donors (Lipinski definition) is 0. The highest BCUT2D eigenvalue weighted by Gasteiger charge is 2.73. The highest BCUT2D eigenvalue weighted by Crippen LogP contribution is 2.54. The van der Waals surface area contributed by atoms with Gasteiger partial charge in [-0.2, -0.15) is 26.3 Å². The number of hydrogen-bond acceptors (Lipinski definition) is 5. The molecule has 0 unspecified atom stereocenters. The van der Waals surface area contributed by atoms with Crippen LogP contribution in [-0.4, -0.2) is 68.6 Å². The lowest BCUT2D eigenvalue weighted by Gasteiger charge is -2.38. The highest BCUT2D eigenvalue weighted by molar-refractivity contribution is 7.92. The molecule has 7 nitrogen and oxygen atoms in total. The molecule has 2 aliphatic rings. The highest BCUT2D eigenvalue weighted by atomic mass is 32.2. The molecule has 2 heterocycles. The van der Waals surface area contributed by atoms with E-state index in [0.717, 1.165) is 42.5 Å². The van der Waals surface area contributed by atoms with Crippen molar-refractivity contribution in [1.29, 1.82) is 0 Å². The van der Waals surface area contributed by atoms with E-state index >= 15 is 0 Å². The average molecular weight is 737 g/mol. The molecule has 2 fully saturated rings. The lowest BCUT2D eigenvalue weighted by Crippen LogP contribution is -2.56. The summed E-state index contributed by atoms with van der Waals surface area (Å²) in [5.74, 6) is -5.12. The van der Waals surface area contributed by atoms with Gasteiger partial charge in [0.1, 0.15) is 22.2 Å². The first kappa shape index (κ1) is 37.1. The maximum atomic E-state index is 14.5. The summed E-state index contributed by atoms with van der Waals surface area (Å²) in [4.78, 5) is 27.6. The zero-order chi connectivity index (χ0) is 36.9. The van der Waals surface area contributed by atoms with Gasteiger partial charge >= 0.3 is 12.4 Å². The summed E-state index contributed by atoms with van der Waals surface area (Å²) in [5, 5.41) is 0. The number of nitrogens with zero attached hydrogens (tertiary/aromatic N) is 2. The van der Waals surface area contributed by atoms with Gasteiger partial charge in [0.25, 0.3) is 5.60 Å². The Morgan fingerprint density at radius 3 is 1.94 bits per heavy atom. The Kier molecular flexibility index (Phi) is 9.81. The molecular weight excluding hydrogens is 707 g/mol. The standard InChI is InChI=1S/C33H29F9N2O5S/c1-20(45)43-15-13-21(17-43)29(46)44-16-14-30(19-44,50(47,48)25-11-9-24(34)10-12-25)22-5-7-23(8-6-22)31(32(37,38)39,33(40,41)42)49-18-26-27(35)3-2-4-28(26)36/h2-12,21H,13-19H2,1H3/t21-,30-/m0/s1. The maximum Gasteiger partial charge on any atom is 0.430 e. The van der Waals surface area contributed by atoms with Crippen LogP contribution in [0.15, 0.2) is 71.6 Å². The number of sulfone groups is 1. The van der Waals surface area contributed by atoms with Crippen LogP contribution in [-0.2, 0) is 41.1 Å². The van der Waals surface area contributed by atoms with Crippen LogP contribution in [0.5, 0.6) is 0 Å². The Labute approximate surface area is 280 Å². The molecule has 0 N–H and O–H groups in total. The molecule has 3 aromatic rings. The Morgan fingerprint density at radius 1 is 0.840 bits per heavy atom. The van der Waals surface area contributed by atoms with Crippen LogP contribution in [0, 0.1) is 23.4 Å². The van der Waals surface area contributed by atoms with Crippen molar-refractivity contribution in [3.8, 4) is 0 Å². The smallest absolute Gasteiger partial charge is 0.349 e. The van der Waals surface area contributed by atoms with E-state index < -0.39 is 91.0 Å². The van der Waals surface area contributed by atoms with Gasteiger partial charge in [0.15, 0.2) is 9.84 Å². The molecule has 50 heavy (non-hydrogen) atoms. The fraction of sp³-hybridized carbons (Fsp3) is 0.394. The van der Waals surface area contributed by atoms with Crippen LogP contribution < -0.4 is 0 Å². The average Bonchev–Trinajstić information content (AvgIpc) is 3.71. The molecule has 17 heteroatoms. The second-order valence-corrected chi connectivity index (χ2v) is 14.4. The first-order chi connectivity index (χ1) is 23.2. The van der Waals surface area contributed by atoms with E-state index in [4.69, 9.17) is 0 Å². The summed E-state index contributed by atoms with van der Waals surface area (Å²) in [6, 6.07) is 7.90. The third-order valence-corrected chi connectivity index (χ3v) is 11.8. The second-order valence-electron chi connectivity index (χ2n) is 12.2. The third kappa shape index (κ3) is 6.33. The summed E-state index contributed by atoms with van der Waals surface area (Å²) < 4.78 is 160. The van der Waals surface area contributed by atoms with Crippen molar-refractivity contribution in [2.24, 2.45) is 5.92 Å². The summed E-state index contributed by atoms with van der Waals surface area (Å²) >= 11 is 0. The maximum absolute atomic E-state index is 14.5. The molecular formula is C33H29F9N2O5S. The van der Waals surface area contributed by atoms with Gasteiger partial charge < -0.3 is 14.5 Å². The lowest BCUT2D eigenvalue weighted by atomic mass is 9.88. The van der Waals surface area contributed by atoms with E-state index in [2.05, 4.69) is 4.74 Å². The molecule has 3 aromatic carbocycles. The molecule has 5 rings (SSSR count). The Bertz CT molecular complexity index is 1830. The quantitative estimate of drug-likeness (QED) is 0.197. The fourth-order valence-corrected chi connectivity index (χ4v) is 8.60. The molecule has 0 radical (unpaired) electrons. The SMILES string of the molecule is CC(=O)N1CC[C@H](C(=O)N2CC[C@](c3ccc(C(OCc4c(F)cccc4F)(C(F)(F)F)C(F)(F)F)cc3)(S(=O)(=O)c3ccc(F)cc3)C2)C1. The summed E-state index contributed by atoms with van der Waals surface area (Å²) in [7, 11) is -4.63. The van der Waals surface area contributed by atoms with Crippen LogP contribution in [0.2, 0.25) is 0 Å². The number of likely N-dealkylation sites (tertiary alicyclic amines) is 2. The molecule has 2 atom stereocenters. The number of halogens is 9. The summed E-state index contributed by atoms with van der Waals surface area (Å²) in [6.07, 6.45) is -12.5. The first-order valence-electron chi connectivity index (χ1n) is 15.1. The van der Waals surface area contributed by atoms with Crippen LogP contribution in [0.1, 0.15) is 36.5 Å². The van der Waals surface area contributed by atoms with Gasteiger partial charge in [-0.05, 0) is 54.8 Å². The second kappa shape index (κ2) is 13.2. The van der Waals surface area contributed by atoms with Gasteiger partial charge in [-0.1, -0.05) is 30.3 Å². The largest absolute Gasteiger partial charge is 0.430 e. The molecule has 2 amide bonds. The van der Waals surface area contributed by atoms with Crippen molar-refractivity contribution >= 4 is 21.7 Å². The van der Waals surface area contributed by atoms with Crippen molar-refractivity contribution in [2.75, 3.05) is 26.2 Å². The lowest BCUT2D eigenvalue weighted by molar-refractivity contribution is -0.392. The van der Waals surface area contributed by atoms with Gasteiger partial charge in [-0.25, -0.2) is 21.6 Å². The third-order valence-electron chi connectivity index (χ3n) is 9.28. The van der Waals surface area contributed by atoms with Crippen molar-refractivity contribution in [1.82, 2.24) is 9.80 Å². The Hall–Kier alpha value is -4.12. The van der Waals surface area contributed by atoms with Gasteiger partial charge in [0, 0.05) is 44.2 Å². The van der Waals surface area contributed by atoms with Gasteiger partial charge in [0.2, 0.25) is 11.8 Å². The van der Waals surface area contributed by atoms with E-state index in [1.54, 1.807) is 0 Å². The van der Waals surface area contributed by atoms with Crippen LogP contribution in [0.25, 0.3) is 0 Å². The summed E-state index contributed by atoms with van der Waals surface area (Å²) in [6.45, 7) is -0.835. The number of ether oxygens (including phenoxy) is 1. The number of amides is 2. The minimum absolute atomic E-state index is 0.0742. The number of rotatable bonds is 8. The molecule has 2 saturated heterocycles. The van der Waals surface area contributed by atoms with E-state index in [-0.39, 0.29) is 43.9 Å². The normalized spacial score (nSPS) is 20.4. The first-order valence-corrected chi connectivity index (χ1v) is 16.6.